The molecule has 1 radical (unpaired) electrons. The number of oxime groups is 1. The Balaban J connectivity index is 2.56. The predicted octanol–water partition coefficient (Wildman–Crippen LogP) is 1.36. The van der Waals surface area contributed by atoms with E-state index < -0.39 is 0 Å². The van der Waals surface area contributed by atoms with Crippen molar-refractivity contribution in [2.45, 2.75) is 19.3 Å². The molecule has 1 aliphatic rings. The highest BCUT2D eigenvalue weighted by molar-refractivity contribution is 5.94. The van der Waals surface area contributed by atoms with E-state index in [-0.39, 0.29) is 0 Å². The second-order valence-corrected chi connectivity index (χ2v) is 1.79. The Morgan fingerprint density at radius 3 is 3.00 bits per heavy atom. The van der Waals surface area contributed by atoms with Gasteiger partial charge in [-0.05, 0) is 31.4 Å². The topological polar surface area (TPSA) is 32.6 Å². The zero-order chi connectivity index (χ0) is 5.82. The van der Waals surface area contributed by atoms with E-state index in [1.165, 1.54) is 0 Å². The van der Waals surface area contributed by atoms with Gasteiger partial charge in [0, 0.05) is 0 Å². The van der Waals surface area contributed by atoms with Gasteiger partial charge in [-0.1, -0.05) is 5.16 Å². The Kier molecular flexibility index (Phi) is 1.67. The Labute approximate surface area is 48.5 Å². The van der Waals surface area contributed by atoms with E-state index in [2.05, 4.69) is 11.2 Å². The Bertz CT molecular complexity index is 126. The van der Waals surface area contributed by atoms with Crippen molar-refractivity contribution in [2.24, 2.45) is 5.16 Å². The minimum absolute atomic E-state index is 0.747. The molecule has 0 heterocycles. The van der Waals surface area contributed by atoms with Gasteiger partial charge in [-0.25, -0.2) is 0 Å². The number of hydrogen-bond acceptors (Lipinski definition) is 2. The van der Waals surface area contributed by atoms with Crippen LogP contribution in [0, 0.1) is 6.08 Å². The molecular formula is C6H8NO. The number of nitrogens with zero attached hydrogens (tertiary/aromatic N) is 1. The fourth-order valence-electron chi connectivity index (χ4n) is 0.713. The van der Waals surface area contributed by atoms with Crippen LogP contribution in [0.15, 0.2) is 11.2 Å². The Morgan fingerprint density at radius 2 is 2.62 bits per heavy atom. The first-order valence-electron chi connectivity index (χ1n) is 2.71. The fraction of sp³-hybridized carbons (Fsp3) is 0.500. The SMILES string of the molecule is ON=C1C=[C]CCC1. The highest BCUT2D eigenvalue weighted by Gasteiger charge is 1.98. The smallest absolute Gasteiger partial charge is 0.0798 e. The molecule has 0 aliphatic heterocycles. The van der Waals surface area contributed by atoms with Crippen molar-refractivity contribution in [3.63, 3.8) is 0 Å². The van der Waals surface area contributed by atoms with Gasteiger partial charge in [0.2, 0.25) is 0 Å². The minimum Gasteiger partial charge on any atom is -0.411 e. The molecule has 1 N–H and O–H groups in total. The zero-order valence-electron chi connectivity index (χ0n) is 4.59. The average molecular weight is 110 g/mol. The van der Waals surface area contributed by atoms with Crippen molar-refractivity contribution in [2.75, 3.05) is 0 Å². The van der Waals surface area contributed by atoms with E-state index in [1.54, 1.807) is 6.08 Å². The standard InChI is InChI=1S/C6H8NO/c8-7-6-4-2-1-3-5-6/h5,8H,1-2,4H2. The Morgan fingerprint density at radius 1 is 1.75 bits per heavy atom. The molecule has 0 fully saturated rings. The van der Waals surface area contributed by atoms with Gasteiger partial charge in [-0.15, -0.1) is 0 Å². The molecule has 0 saturated heterocycles. The fourth-order valence-corrected chi connectivity index (χ4v) is 0.713. The third-order valence-corrected chi connectivity index (χ3v) is 1.15. The summed E-state index contributed by atoms with van der Waals surface area (Å²) in [7, 11) is 0. The molecule has 0 saturated carbocycles. The highest BCUT2D eigenvalue weighted by Crippen LogP contribution is 2.05. The molecule has 2 nitrogen and oxygen atoms in total. The molecule has 0 amide bonds. The van der Waals surface area contributed by atoms with Gasteiger partial charge in [0.05, 0.1) is 5.71 Å². The van der Waals surface area contributed by atoms with Crippen LogP contribution in [0.2, 0.25) is 0 Å². The van der Waals surface area contributed by atoms with Crippen molar-refractivity contribution in [3.8, 4) is 0 Å². The quantitative estimate of drug-likeness (QED) is 0.370. The summed E-state index contributed by atoms with van der Waals surface area (Å²) in [5, 5.41) is 11.3. The van der Waals surface area contributed by atoms with Crippen molar-refractivity contribution in [1.29, 1.82) is 0 Å². The van der Waals surface area contributed by atoms with E-state index in [4.69, 9.17) is 5.21 Å². The molecule has 0 aromatic carbocycles. The van der Waals surface area contributed by atoms with Crippen LogP contribution >= 0.6 is 0 Å². The van der Waals surface area contributed by atoms with Crippen LogP contribution in [0.25, 0.3) is 0 Å². The van der Waals surface area contributed by atoms with Crippen LogP contribution in [-0.4, -0.2) is 10.9 Å². The zero-order valence-corrected chi connectivity index (χ0v) is 4.59. The molecule has 0 spiro atoms. The van der Waals surface area contributed by atoms with E-state index in [0.717, 1.165) is 25.0 Å². The normalized spacial score (nSPS) is 24.2. The summed E-state index contributed by atoms with van der Waals surface area (Å²) in [5.74, 6) is 0. The third-order valence-electron chi connectivity index (χ3n) is 1.15. The van der Waals surface area contributed by atoms with Crippen LogP contribution in [0.4, 0.5) is 0 Å². The molecule has 0 aromatic rings. The maximum Gasteiger partial charge on any atom is 0.0798 e. The number of rotatable bonds is 0. The third kappa shape index (κ3) is 1.09. The monoisotopic (exact) mass is 110 g/mol. The number of allylic oxidation sites excluding steroid dienone is 2. The maximum absolute atomic E-state index is 8.21. The molecule has 0 bridgehead atoms. The van der Waals surface area contributed by atoms with Crippen molar-refractivity contribution < 1.29 is 5.21 Å². The number of hydrogen-bond donors (Lipinski definition) is 1. The van der Waals surface area contributed by atoms with Crippen LogP contribution in [0.3, 0.4) is 0 Å². The summed E-state index contributed by atoms with van der Waals surface area (Å²) < 4.78 is 0. The first-order chi connectivity index (χ1) is 3.93. The lowest BCUT2D eigenvalue weighted by atomic mass is 10.1. The summed E-state index contributed by atoms with van der Waals surface area (Å²) in [6, 6.07) is 0. The largest absolute Gasteiger partial charge is 0.411 e. The summed E-state index contributed by atoms with van der Waals surface area (Å²) >= 11 is 0. The second kappa shape index (κ2) is 2.50. The molecule has 0 unspecified atom stereocenters. The average Bonchev–Trinajstić information content (AvgIpc) is 1.90. The van der Waals surface area contributed by atoms with Crippen molar-refractivity contribution >= 4 is 5.71 Å². The molecule has 2 heteroatoms. The van der Waals surface area contributed by atoms with Crippen molar-refractivity contribution in [3.05, 3.63) is 12.2 Å². The van der Waals surface area contributed by atoms with Crippen LogP contribution < -0.4 is 0 Å². The molecule has 0 aromatic heterocycles. The van der Waals surface area contributed by atoms with Gasteiger partial charge >= 0.3 is 0 Å². The molecule has 1 rings (SSSR count). The summed E-state index contributed by atoms with van der Waals surface area (Å²) in [5.41, 5.74) is 0.747. The van der Waals surface area contributed by atoms with E-state index in [1.807, 2.05) is 0 Å². The first-order valence-corrected chi connectivity index (χ1v) is 2.71. The predicted molar refractivity (Wildman–Crippen MR) is 30.9 cm³/mol. The van der Waals surface area contributed by atoms with Gasteiger partial charge in [0.15, 0.2) is 0 Å². The van der Waals surface area contributed by atoms with Gasteiger partial charge in [-0.2, -0.15) is 0 Å². The van der Waals surface area contributed by atoms with Gasteiger partial charge in [0.25, 0.3) is 0 Å². The lowest BCUT2D eigenvalue weighted by Gasteiger charge is -2.00. The van der Waals surface area contributed by atoms with Gasteiger partial charge < -0.3 is 5.21 Å². The van der Waals surface area contributed by atoms with Crippen LogP contribution in [-0.2, 0) is 0 Å². The molecule has 0 atom stereocenters. The van der Waals surface area contributed by atoms with Crippen LogP contribution in [0.5, 0.6) is 0 Å². The summed E-state index contributed by atoms with van der Waals surface area (Å²) in [6.07, 6.45) is 7.67. The lowest BCUT2D eigenvalue weighted by molar-refractivity contribution is 0.318. The van der Waals surface area contributed by atoms with Gasteiger partial charge in [-0.3, -0.25) is 0 Å². The molecule has 1 aliphatic carbocycles. The van der Waals surface area contributed by atoms with E-state index in [9.17, 15) is 0 Å². The van der Waals surface area contributed by atoms with E-state index >= 15 is 0 Å². The summed E-state index contributed by atoms with van der Waals surface area (Å²) in [6.45, 7) is 0. The molecular weight excluding hydrogens is 102 g/mol. The maximum atomic E-state index is 8.21. The Hall–Kier alpha value is -0.790. The summed E-state index contributed by atoms with van der Waals surface area (Å²) in [4.78, 5) is 0. The van der Waals surface area contributed by atoms with Crippen LogP contribution in [0.1, 0.15) is 19.3 Å². The highest BCUT2D eigenvalue weighted by atomic mass is 16.4. The van der Waals surface area contributed by atoms with Crippen molar-refractivity contribution in [1.82, 2.24) is 0 Å². The molecule has 43 valence electrons. The minimum atomic E-state index is 0.747. The second-order valence-electron chi connectivity index (χ2n) is 1.79. The molecule has 8 heavy (non-hydrogen) atoms. The van der Waals surface area contributed by atoms with Gasteiger partial charge in [0.1, 0.15) is 0 Å². The first kappa shape index (κ1) is 5.35. The van der Waals surface area contributed by atoms with E-state index in [0.29, 0.717) is 0 Å². The lowest BCUT2D eigenvalue weighted by Crippen LogP contribution is -1.97.